The lowest BCUT2D eigenvalue weighted by molar-refractivity contribution is -0.0103. The van der Waals surface area contributed by atoms with Crippen molar-refractivity contribution in [1.29, 1.82) is 0 Å². The van der Waals surface area contributed by atoms with E-state index in [0.29, 0.717) is 6.10 Å². The lowest BCUT2D eigenvalue weighted by Gasteiger charge is -2.36. The maximum absolute atomic E-state index is 5.52. The average molecular weight is 217 g/mol. The molecule has 2 nitrogen and oxygen atoms in total. The number of hydrogen-bond donors (Lipinski definition) is 1. The monoisotopic (exact) mass is 217 g/mol. The van der Waals surface area contributed by atoms with Crippen LogP contribution in [0.25, 0.3) is 0 Å². The SMILES string of the molecule is CCOC1CC(NCC(C)CSC)C1. The van der Waals surface area contributed by atoms with Crippen molar-refractivity contribution in [1.82, 2.24) is 5.32 Å². The van der Waals surface area contributed by atoms with E-state index in [1.807, 2.05) is 11.8 Å². The Morgan fingerprint density at radius 2 is 2.21 bits per heavy atom. The van der Waals surface area contributed by atoms with E-state index in [-0.39, 0.29) is 0 Å². The molecule has 1 aliphatic rings. The van der Waals surface area contributed by atoms with Crippen LogP contribution in [0.1, 0.15) is 26.7 Å². The molecule has 1 N–H and O–H groups in total. The lowest BCUT2D eigenvalue weighted by Crippen LogP contribution is -2.46. The minimum atomic E-state index is 0.536. The fraction of sp³-hybridized carbons (Fsp3) is 1.00. The zero-order valence-electron chi connectivity index (χ0n) is 9.58. The van der Waals surface area contributed by atoms with Crippen LogP contribution in [0.4, 0.5) is 0 Å². The first kappa shape index (κ1) is 12.3. The topological polar surface area (TPSA) is 21.3 Å². The van der Waals surface area contributed by atoms with Crippen molar-refractivity contribution in [2.24, 2.45) is 5.92 Å². The largest absolute Gasteiger partial charge is 0.378 e. The first-order chi connectivity index (χ1) is 6.76. The highest BCUT2D eigenvalue weighted by molar-refractivity contribution is 7.98. The van der Waals surface area contributed by atoms with E-state index < -0.39 is 0 Å². The van der Waals surface area contributed by atoms with Crippen LogP contribution in [0.15, 0.2) is 0 Å². The first-order valence-electron chi connectivity index (χ1n) is 5.60. The summed E-state index contributed by atoms with van der Waals surface area (Å²) in [5.74, 6) is 2.05. The maximum Gasteiger partial charge on any atom is 0.0604 e. The summed E-state index contributed by atoms with van der Waals surface area (Å²) in [5, 5.41) is 3.60. The third kappa shape index (κ3) is 4.20. The van der Waals surface area contributed by atoms with Crippen LogP contribution in [0.5, 0.6) is 0 Å². The van der Waals surface area contributed by atoms with Gasteiger partial charge < -0.3 is 10.1 Å². The molecule has 0 radical (unpaired) electrons. The van der Waals surface area contributed by atoms with Crippen LogP contribution in [0.3, 0.4) is 0 Å². The molecule has 1 saturated carbocycles. The van der Waals surface area contributed by atoms with Crippen LogP contribution in [-0.4, -0.2) is 37.3 Å². The zero-order valence-corrected chi connectivity index (χ0v) is 10.4. The van der Waals surface area contributed by atoms with Crippen molar-refractivity contribution in [3.8, 4) is 0 Å². The average Bonchev–Trinajstić information content (AvgIpc) is 2.09. The molecule has 0 spiro atoms. The molecule has 0 aromatic heterocycles. The minimum absolute atomic E-state index is 0.536. The molecule has 0 heterocycles. The standard InChI is InChI=1S/C11H23NOS/c1-4-13-11-5-10(6-11)12-7-9(2)8-14-3/h9-12H,4-8H2,1-3H3. The molecular formula is C11H23NOS. The highest BCUT2D eigenvalue weighted by atomic mass is 32.2. The molecule has 0 saturated heterocycles. The van der Waals surface area contributed by atoms with Crippen LogP contribution < -0.4 is 5.32 Å². The Morgan fingerprint density at radius 1 is 1.50 bits per heavy atom. The highest BCUT2D eigenvalue weighted by Gasteiger charge is 2.28. The van der Waals surface area contributed by atoms with Gasteiger partial charge in [0, 0.05) is 12.6 Å². The molecule has 1 fully saturated rings. The van der Waals surface area contributed by atoms with Crippen LogP contribution in [-0.2, 0) is 4.74 Å². The quantitative estimate of drug-likeness (QED) is 0.706. The summed E-state index contributed by atoms with van der Waals surface area (Å²) in [4.78, 5) is 0. The Hall–Kier alpha value is 0.270. The number of thioether (sulfide) groups is 1. The summed E-state index contributed by atoms with van der Waals surface area (Å²) >= 11 is 1.93. The van der Waals surface area contributed by atoms with Crippen LogP contribution >= 0.6 is 11.8 Å². The van der Waals surface area contributed by atoms with Crippen LogP contribution in [0, 0.1) is 5.92 Å². The second-order valence-electron chi connectivity index (χ2n) is 4.21. The fourth-order valence-electron chi connectivity index (χ4n) is 1.82. The number of hydrogen-bond acceptors (Lipinski definition) is 3. The molecule has 1 aliphatic carbocycles. The number of rotatable bonds is 7. The normalized spacial score (nSPS) is 28.5. The van der Waals surface area contributed by atoms with Gasteiger partial charge in [0.2, 0.25) is 0 Å². The molecule has 3 heteroatoms. The van der Waals surface area contributed by atoms with Gasteiger partial charge in [0.1, 0.15) is 0 Å². The molecule has 1 rings (SSSR count). The van der Waals surface area contributed by atoms with Gasteiger partial charge in [-0.1, -0.05) is 6.92 Å². The molecule has 0 amide bonds. The van der Waals surface area contributed by atoms with Gasteiger partial charge in [0.25, 0.3) is 0 Å². The Balaban J connectivity index is 1.95. The van der Waals surface area contributed by atoms with Gasteiger partial charge in [-0.2, -0.15) is 11.8 Å². The molecule has 0 bridgehead atoms. The van der Waals surface area contributed by atoms with Gasteiger partial charge in [0.05, 0.1) is 6.10 Å². The Labute approximate surface area is 92.2 Å². The van der Waals surface area contributed by atoms with Crippen molar-refractivity contribution in [2.75, 3.05) is 25.2 Å². The van der Waals surface area contributed by atoms with Crippen molar-refractivity contribution in [2.45, 2.75) is 38.8 Å². The van der Waals surface area contributed by atoms with E-state index >= 15 is 0 Å². The predicted octanol–water partition coefficient (Wildman–Crippen LogP) is 2.14. The number of ether oxygens (including phenoxy) is 1. The van der Waals surface area contributed by atoms with Gasteiger partial charge in [-0.05, 0) is 44.2 Å². The third-order valence-electron chi connectivity index (χ3n) is 2.70. The smallest absolute Gasteiger partial charge is 0.0604 e. The molecule has 0 aromatic carbocycles. The Bertz CT molecular complexity index is 148. The fourth-order valence-corrected chi connectivity index (χ4v) is 2.50. The summed E-state index contributed by atoms with van der Waals surface area (Å²) in [6.45, 7) is 6.40. The van der Waals surface area contributed by atoms with Gasteiger partial charge in [-0.3, -0.25) is 0 Å². The second-order valence-corrected chi connectivity index (χ2v) is 5.13. The molecule has 1 atom stereocenters. The lowest BCUT2D eigenvalue weighted by atomic mass is 9.89. The Kier molecular flexibility index (Phi) is 5.90. The molecule has 84 valence electrons. The minimum Gasteiger partial charge on any atom is -0.378 e. The van der Waals surface area contributed by atoms with Crippen molar-refractivity contribution >= 4 is 11.8 Å². The molecule has 14 heavy (non-hydrogen) atoms. The van der Waals surface area contributed by atoms with Crippen molar-refractivity contribution in [3.63, 3.8) is 0 Å². The van der Waals surface area contributed by atoms with E-state index in [0.717, 1.165) is 25.1 Å². The van der Waals surface area contributed by atoms with Gasteiger partial charge >= 0.3 is 0 Å². The summed E-state index contributed by atoms with van der Waals surface area (Å²) in [5.41, 5.74) is 0. The van der Waals surface area contributed by atoms with Gasteiger partial charge in [-0.15, -0.1) is 0 Å². The summed E-state index contributed by atoms with van der Waals surface area (Å²) < 4.78 is 5.52. The van der Waals surface area contributed by atoms with E-state index in [2.05, 4.69) is 25.4 Å². The Morgan fingerprint density at radius 3 is 2.79 bits per heavy atom. The summed E-state index contributed by atoms with van der Waals surface area (Å²) in [6, 6.07) is 0.718. The van der Waals surface area contributed by atoms with E-state index in [1.165, 1.54) is 18.6 Å². The highest BCUT2D eigenvalue weighted by Crippen LogP contribution is 2.23. The molecule has 0 aromatic rings. The first-order valence-corrected chi connectivity index (χ1v) is 6.99. The summed E-state index contributed by atoms with van der Waals surface area (Å²) in [6.07, 6.45) is 5.12. The van der Waals surface area contributed by atoms with E-state index in [4.69, 9.17) is 4.74 Å². The van der Waals surface area contributed by atoms with Gasteiger partial charge in [-0.25, -0.2) is 0 Å². The summed E-state index contributed by atoms with van der Waals surface area (Å²) in [7, 11) is 0. The second kappa shape index (κ2) is 6.70. The molecular weight excluding hydrogens is 194 g/mol. The maximum atomic E-state index is 5.52. The number of nitrogens with one attached hydrogen (secondary N) is 1. The van der Waals surface area contributed by atoms with Crippen LogP contribution in [0.2, 0.25) is 0 Å². The van der Waals surface area contributed by atoms with Gasteiger partial charge in [0.15, 0.2) is 0 Å². The predicted molar refractivity (Wildman–Crippen MR) is 64.0 cm³/mol. The van der Waals surface area contributed by atoms with Crippen molar-refractivity contribution < 1.29 is 4.74 Å². The van der Waals surface area contributed by atoms with E-state index in [1.54, 1.807) is 0 Å². The van der Waals surface area contributed by atoms with E-state index in [9.17, 15) is 0 Å². The zero-order chi connectivity index (χ0) is 10.4. The van der Waals surface area contributed by atoms with Crippen molar-refractivity contribution in [3.05, 3.63) is 0 Å². The third-order valence-corrected chi connectivity index (χ3v) is 3.61. The molecule has 1 unspecified atom stereocenters. The molecule has 0 aliphatic heterocycles.